The molecule has 0 spiro atoms. The number of nitrogens with zero attached hydrogens (tertiary/aromatic N) is 6. The van der Waals surface area contributed by atoms with Crippen LogP contribution < -0.4 is 0 Å². The molecule has 0 saturated carbocycles. The first-order valence-electron chi connectivity index (χ1n) is 11.9. The Morgan fingerprint density at radius 3 is 2.62 bits per heavy atom. The molecule has 170 valence electrons. The van der Waals surface area contributed by atoms with Gasteiger partial charge in [-0.3, -0.25) is 9.69 Å². The number of rotatable bonds is 4. The third-order valence-electron chi connectivity index (χ3n) is 6.75. The molecule has 5 rings (SSSR count). The van der Waals surface area contributed by atoms with E-state index < -0.39 is 0 Å². The van der Waals surface area contributed by atoms with Crippen LogP contribution in [-0.2, 0) is 4.79 Å². The van der Waals surface area contributed by atoms with Gasteiger partial charge in [-0.25, -0.2) is 9.50 Å². The monoisotopic (exact) mass is 436 g/mol. The van der Waals surface area contributed by atoms with Gasteiger partial charge in [0.1, 0.15) is 0 Å². The zero-order valence-corrected chi connectivity index (χ0v) is 19.1. The highest BCUT2D eigenvalue weighted by molar-refractivity contribution is 5.78. The standard InChI is InChI=1S/C24H32N6O2/c1-17-13-22-25-14-20(21-12-18(2)27-32-21)24(30(22)26-17)19-8-7-9-28(15-19)16-23(31)29-10-5-3-4-6-11-29/h12-14,19H,3-11,15-16H2,1-2H3/t19-/m1/s1. The number of carbonyl (C=O) groups is 1. The van der Waals surface area contributed by atoms with Crippen LogP contribution in [-0.4, -0.2) is 68.2 Å². The topological polar surface area (TPSA) is 79.8 Å². The fourth-order valence-corrected chi connectivity index (χ4v) is 5.17. The van der Waals surface area contributed by atoms with Crippen molar-refractivity contribution in [3.8, 4) is 11.3 Å². The third-order valence-corrected chi connectivity index (χ3v) is 6.75. The van der Waals surface area contributed by atoms with Crippen LogP contribution in [0.5, 0.6) is 0 Å². The summed E-state index contributed by atoms with van der Waals surface area (Å²) < 4.78 is 7.58. The van der Waals surface area contributed by atoms with E-state index in [1.54, 1.807) is 0 Å². The van der Waals surface area contributed by atoms with Crippen molar-refractivity contribution in [1.29, 1.82) is 0 Å². The second kappa shape index (κ2) is 9.02. The number of aryl methyl sites for hydroxylation is 2. The molecule has 0 radical (unpaired) electrons. The lowest BCUT2D eigenvalue weighted by atomic mass is 9.91. The Morgan fingerprint density at radius 1 is 1.06 bits per heavy atom. The highest BCUT2D eigenvalue weighted by Gasteiger charge is 2.30. The lowest BCUT2D eigenvalue weighted by Crippen LogP contribution is -2.44. The van der Waals surface area contributed by atoms with Crippen LogP contribution in [0.15, 0.2) is 22.9 Å². The highest BCUT2D eigenvalue weighted by Crippen LogP contribution is 2.35. The van der Waals surface area contributed by atoms with Crippen LogP contribution in [0.2, 0.25) is 0 Å². The second-order valence-electron chi connectivity index (χ2n) is 9.31. The Balaban J connectivity index is 1.42. The first-order valence-corrected chi connectivity index (χ1v) is 11.9. The molecule has 32 heavy (non-hydrogen) atoms. The summed E-state index contributed by atoms with van der Waals surface area (Å²) in [6, 6.07) is 3.95. The van der Waals surface area contributed by atoms with Crippen LogP contribution in [0.1, 0.15) is 61.5 Å². The molecule has 0 N–H and O–H groups in total. The van der Waals surface area contributed by atoms with E-state index in [0.29, 0.717) is 6.54 Å². The van der Waals surface area contributed by atoms with E-state index >= 15 is 0 Å². The number of hydrogen-bond acceptors (Lipinski definition) is 6. The highest BCUT2D eigenvalue weighted by atomic mass is 16.5. The Bertz CT molecular complexity index is 1100. The predicted molar refractivity (Wildman–Crippen MR) is 121 cm³/mol. The Kier molecular flexibility index (Phi) is 5.95. The lowest BCUT2D eigenvalue weighted by molar-refractivity contribution is -0.132. The normalized spacial score (nSPS) is 20.6. The molecule has 0 bridgehead atoms. The van der Waals surface area contributed by atoms with Gasteiger partial charge in [-0.05, 0) is 46.1 Å². The van der Waals surface area contributed by atoms with E-state index in [2.05, 4.69) is 19.9 Å². The fourth-order valence-electron chi connectivity index (χ4n) is 5.17. The summed E-state index contributed by atoms with van der Waals surface area (Å²) in [5, 5.41) is 8.83. The Labute approximate surface area is 188 Å². The van der Waals surface area contributed by atoms with E-state index in [1.807, 2.05) is 36.7 Å². The first kappa shape index (κ1) is 21.1. The zero-order chi connectivity index (χ0) is 22.1. The minimum absolute atomic E-state index is 0.242. The fraction of sp³-hybridized carbons (Fsp3) is 0.583. The summed E-state index contributed by atoms with van der Waals surface area (Å²) in [7, 11) is 0. The van der Waals surface area contributed by atoms with Gasteiger partial charge in [0, 0.05) is 43.9 Å². The van der Waals surface area contributed by atoms with Crippen molar-refractivity contribution in [2.75, 3.05) is 32.7 Å². The van der Waals surface area contributed by atoms with Gasteiger partial charge >= 0.3 is 0 Å². The summed E-state index contributed by atoms with van der Waals surface area (Å²) >= 11 is 0. The molecule has 0 aromatic carbocycles. The van der Waals surface area contributed by atoms with Crippen molar-refractivity contribution in [3.63, 3.8) is 0 Å². The van der Waals surface area contributed by atoms with Gasteiger partial charge in [0.05, 0.1) is 29.2 Å². The van der Waals surface area contributed by atoms with E-state index in [9.17, 15) is 4.79 Å². The molecule has 0 aliphatic carbocycles. The minimum Gasteiger partial charge on any atom is -0.356 e. The number of fused-ring (bicyclic) bond motifs is 1. The summed E-state index contributed by atoms with van der Waals surface area (Å²) in [5.41, 5.74) is 4.66. The van der Waals surface area contributed by atoms with E-state index in [4.69, 9.17) is 9.62 Å². The molecule has 8 heteroatoms. The molecule has 3 aromatic heterocycles. The first-order chi connectivity index (χ1) is 15.6. The van der Waals surface area contributed by atoms with E-state index in [-0.39, 0.29) is 11.8 Å². The van der Waals surface area contributed by atoms with Gasteiger partial charge in [0.2, 0.25) is 5.91 Å². The van der Waals surface area contributed by atoms with Crippen LogP contribution in [0.3, 0.4) is 0 Å². The van der Waals surface area contributed by atoms with Crippen LogP contribution in [0.25, 0.3) is 17.0 Å². The number of piperidine rings is 1. The van der Waals surface area contributed by atoms with Gasteiger partial charge < -0.3 is 9.42 Å². The number of aromatic nitrogens is 4. The number of hydrogen-bond donors (Lipinski definition) is 0. The summed E-state index contributed by atoms with van der Waals surface area (Å²) in [6.07, 6.45) is 8.71. The molecule has 2 aliphatic heterocycles. The zero-order valence-electron chi connectivity index (χ0n) is 19.1. The molecule has 8 nitrogen and oxygen atoms in total. The molecular formula is C24H32N6O2. The van der Waals surface area contributed by atoms with Crippen LogP contribution >= 0.6 is 0 Å². The molecule has 1 atom stereocenters. The van der Waals surface area contributed by atoms with Crippen molar-refractivity contribution in [2.24, 2.45) is 0 Å². The lowest BCUT2D eigenvalue weighted by Gasteiger charge is -2.34. The summed E-state index contributed by atoms with van der Waals surface area (Å²) in [4.78, 5) is 22.0. The average molecular weight is 437 g/mol. The maximum absolute atomic E-state index is 13.0. The molecule has 2 fully saturated rings. The predicted octanol–water partition coefficient (Wildman–Crippen LogP) is 3.58. The third kappa shape index (κ3) is 4.28. The number of carbonyl (C=O) groups excluding carboxylic acids is 1. The van der Waals surface area contributed by atoms with Gasteiger partial charge in [-0.2, -0.15) is 5.10 Å². The van der Waals surface area contributed by atoms with Gasteiger partial charge in [0.15, 0.2) is 11.4 Å². The maximum Gasteiger partial charge on any atom is 0.236 e. The van der Waals surface area contributed by atoms with E-state index in [0.717, 1.165) is 85.9 Å². The molecular weight excluding hydrogens is 404 g/mol. The summed E-state index contributed by atoms with van der Waals surface area (Å²) in [6.45, 7) is 8.01. The largest absolute Gasteiger partial charge is 0.356 e. The quantitative estimate of drug-likeness (QED) is 0.622. The maximum atomic E-state index is 13.0. The SMILES string of the molecule is Cc1cc(-c2cnc3cc(C)nn3c2[C@@H]2CCCN(CC(=O)N3CCCCCC3)C2)on1. The molecule has 5 heterocycles. The van der Waals surface area contributed by atoms with Gasteiger partial charge in [-0.15, -0.1) is 0 Å². The summed E-state index contributed by atoms with van der Waals surface area (Å²) in [5.74, 6) is 1.23. The minimum atomic E-state index is 0.242. The van der Waals surface area contributed by atoms with Crippen molar-refractivity contribution >= 4 is 11.6 Å². The second-order valence-corrected chi connectivity index (χ2v) is 9.31. The molecule has 3 aromatic rings. The van der Waals surface area contributed by atoms with Crippen molar-refractivity contribution in [3.05, 3.63) is 35.4 Å². The molecule has 2 saturated heterocycles. The van der Waals surface area contributed by atoms with Gasteiger partial charge in [0.25, 0.3) is 0 Å². The van der Waals surface area contributed by atoms with Crippen molar-refractivity contribution in [2.45, 2.75) is 58.3 Å². The number of amides is 1. The van der Waals surface area contributed by atoms with E-state index in [1.165, 1.54) is 12.8 Å². The smallest absolute Gasteiger partial charge is 0.236 e. The van der Waals surface area contributed by atoms with Gasteiger partial charge in [-0.1, -0.05) is 18.0 Å². The van der Waals surface area contributed by atoms with Crippen molar-refractivity contribution < 1.29 is 9.32 Å². The average Bonchev–Trinajstić information content (AvgIpc) is 3.27. The Hall–Kier alpha value is -2.74. The molecule has 0 unspecified atom stereocenters. The molecule has 2 aliphatic rings. The van der Waals surface area contributed by atoms with Crippen molar-refractivity contribution in [1.82, 2.24) is 29.6 Å². The van der Waals surface area contributed by atoms with Crippen LogP contribution in [0.4, 0.5) is 0 Å². The Morgan fingerprint density at radius 2 is 1.88 bits per heavy atom. The van der Waals surface area contributed by atoms with Crippen LogP contribution in [0, 0.1) is 13.8 Å². The number of likely N-dealkylation sites (tertiary alicyclic amines) is 2. The molecule has 1 amide bonds.